The summed E-state index contributed by atoms with van der Waals surface area (Å²) in [5.41, 5.74) is 0. The van der Waals surface area contributed by atoms with E-state index >= 15 is 0 Å². The van der Waals surface area contributed by atoms with Crippen LogP contribution in [0.3, 0.4) is 0 Å². The summed E-state index contributed by atoms with van der Waals surface area (Å²) in [5.74, 6) is 0.825. The van der Waals surface area contributed by atoms with Crippen molar-refractivity contribution in [3.05, 3.63) is 0 Å². The van der Waals surface area contributed by atoms with Crippen molar-refractivity contribution in [3.8, 4) is 0 Å². The van der Waals surface area contributed by atoms with Gasteiger partial charge in [-0.3, -0.25) is 9.05 Å². The van der Waals surface area contributed by atoms with E-state index in [0.717, 1.165) is 6.42 Å². The lowest BCUT2D eigenvalue weighted by atomic mass is 9.84. The molecule has 0 saturated carbocycles. The highest BCUT2D eigenvalue weighted by atomic mass is 31.2. The highest BCUT2D eigenvalue weighted by Gasteiger charge is 2.37. The molecule has 7 heteroatoms. The molecule has 0 radical (unpaired) electrons. The summed E-state index contributed by atoms with van der Waals surface area (Å²) in [7, 11) is -1.96. The van der Waals surface area contributed by atoms with Crippen LogP contribution in [0.2, 0.25) is 0 Å². The fourth-order valence-electron chi connectivity index (χ4n) is 2.35. The summed E-state index contributed by atoms with van der Waals surface area (Å²) in [6, 6.07) is 0.176. The fourth-order valence-corrected chi connectivity index (χ4v) is 3.35. The van der Waals surface area contributed by atoms with Crippen LogP contribution >= 0.6 is 7.82 Å². The van der Waals surface area contributed by atoms with Gasteiger partial charge in [0.2, 0.25) is 0 Å². The Morgan fingerprint density at radius 1 is 1.47 bits per heavy atom. The van der Waals surface area contributed by atoms with Crippen LogP contribution in [-0.2, 0) is 18.3 Å². The van der Waals surface area contributed by atoms with Gasteiger partial charge >= 0.3 is 7.82 Å². The molecule has 3 unspecified atom stereocenters. The van der Waals surface area contributed by atoms with Gasteiger partial charge < -0.3 is 9.63 Å². The van der Waals surface area contributed by atoms with Gasteiger partial charge in [-0.2, -0.15) is 0 Å². The molecule has 0 aliphatic carbocycles. The predicted molar refractivity (Wildman–Crippen MR) is 76.8 cm³/mol. The minimum absolute atomic E-state index is 0.109. The van der Waals surface area contributed by atoms with E-state index < -0.39 is 7.82 Å². The number of rotatable bonds is 7. The van der Waals surface area contributed by atoms with Gasteiger partial charge in [0.25, 0.3) is 0 Å². The molecular formula is C12H26BO5P. The molecule has 19 heavy (non-hydrogen) atoms. The topological polar surface area (TPSA) is 65.0 Å². The Labute approximate surface area is 117 Å². The van der Waals surface area contributed by atoms with Gasteiger partial charge in [0.05, 0.1) is 18.8 Å². The van der Waals surface area contributed by atoms with E-state index in [0.29, 0.717) is 18.3 Å². The van der Waals surface area contributed by atoms with Crippen LogP contribution in [0, 0.1) is 11.8 Å². The minimum atomic E-state index is -3.97. The van der Waals surface area contributed by atoms with Gasteiger partial charge in [0.15, 0.2) is 0 Å². The van der Waals surface area contributed by atoms with Crippen molar-refractivity contribution >= 4 is 15.7 Å². The number of hydrogen-bond acceptors (Lipinski definition) is 4. The van der Waals surface area contributed by atoms with Crippen molar-refractivity contribution in [2.45, 2.75) is 58.7 Å². The summed E-state index contributed by atoms with van der Waals surface area (Å²) in [6.45, 7) is 8.01. The molecule has 5 atom stereocenters. The predicted octanol–water partition coefficient (Wildman–Crippen LogP) is 1.94. The standard InChI is InChI=1S/C12H26BO5P/c1-5-9(4)18-19(14,15)16-7-11-10(8(2)3)6-12(13)17-11/h8-12H,5-7,13H2,1-4H3,(H,14,15)/t9?,10?,11-,12-/m1/s1. The van der Waals surface area contributed by atoms with Crippen molar-refractivity contribution < 1.29 is 23.2 Å². The van der Waals surface area contributed by atoms with Gasteiger partial charge in [-0.05, 0) is 31.6 Å². The zero-order valence-corrected chi connectivity index (χ0v) is 13.4. The smallest absolute Gasteiger partial charge is 0.381 e. The van der Waals surface area contributed by atoms with Gasteiger partial charge in [-0.15, -0.1) is 0 Å². The third kappa shape index (κ3) is 5.56. The van der Waals surface area contributed by atoms with E-state index in [1.807, 2.05) is 14.8 Å². The van der Waals surface area contributed by atoms with Crippen LogP contribution in [0.5, 0.6) is 0 Å². The summed E-state index contributed by atoms with van der Waals surface area (Å²) < 4.78 is 27.6. The van der Waals surface area contributed by atoms with E-state index in [-0.39, 0.29) is 24.8 Å². The van der Waals surface area contributed by atoms with Crippen molar-refractivity contribution in [2.24, 2.45) is 11.8 Å². The van der Waals surface area contributed by atoms with Gasteiger partial charge in [0.1, 0.15) is 7.85 Å². The third-order valence-electron chi connectivity index (χ3n) is 3.64. The van der Waals surface area contributed by atoms with Crippen LogP contribution in [-0.4, -0.2) is 37.6 Å². The maximum atomic E-state index is 11.8. The lowest BCUT2D eigenvalue weighted by Crippen LogP contribution is -2.26. The lowest BCUT2D eigenvalue weighted by molar-refractivity contribution is 0.00935. The van der Waals surface area contributed by atoms with Crippen LogP contribution in [0.15, 0.2) is 0 Å². The zero-order valence-electron chi connectivity index (χ0n) is 12.5. The molecule has 1 N–H and O–H groups in total. The van der Waals surface area contributed by atoms with E-state index in [4.69, 9.17) is 13.8 Å². The molecule has 0 spiro atoms. The second-order valence-corrected chi connectivity index (χ2v) is 7.12. The van der Waals surface area contributed by atoms with Crippen molar-refractivity contribution in [2.75, 3.05) is 6.61 Å². The summed E-state index contributed by atoms with van der Waals surface area (Å²) in [6.07, 6.45) is 1.21. The SMILES string of the molecule is B[C@H]1CC(C(C)C)[C@@H](COP(=O)(O)OC(C)CC)O1. The zero-order chi connectivity index (χ0) is 14.6. The van der Waals surface area contributed by atoms with Gasteiger partial charge in [0, 0.05) is 6.00 Å². The number of phosphoric acid groups is 1. The Hall–Kier alpha value is 0.135. The molecule has 1 saturated heterocycles. The Balaban J connectivity index is 2.48. The molecule has 1 rings (SSSR count). The minimum Gasteiger partial charge on any atom is -0.381 e. The first-order valence-corrected chi connectivity index (χ1v) is 8.56. The quantitative estimate of drug-likeness (QED) is 0.574. The summed E-state index contributed by atoms with van der Waals surface area (Å²) in [5, 5.41) is 0. The average molecular weight is 292 g/mol. The molecule has 0 aromatic carbocycles. The highest BCUT2D eigenvalue weighted by Crippen LogP contribution is 2.46. The van der Waals surface area contributed by atoms with Gasteiger partial charge in [-0.1, -0.05) is 20.8 Å². The third-order valence-corrected chi connectivity index (χ3v) is 4.74. The first-order valence-electron chi connectivity index (χ1n) is 7.06. The lowest BCUT2D eigenvalue weighted by Gasteiger charge is -2.23. The summed E-state index contributed by atoms with van der Waals surface area (Å²) >= 11 is 0. The van der Waals surface area contributed by atoms with E-state index in [1.165, 1.54) is 0 Å². The second-order valence-electron chi connectivity index (χ2n) is 5.72. The Morgan fingerprint density at radius 2 is 2.11 bits per heavy atom. The monoisotopic (exact) mass is 292 g/mol. The molecule has 1 aliphatic heterocycles. The molecule has 1 aliphatic rings. The Kier molecular flexibility index (Phi) is 6.54. The maximum Gasteiger partial charge on any atom is 0.472 e. The molecule has 0 amide bonds. The normalized spacial score (nSPS) is 32.4. The second kappa shape index (κ2) is 7.23. The highest BCUT2D eigenvalue weighted by molar-refractivity contribution is 7.47. The van der Waals surface area contributed by atoms with Crippen LogP contribution in [0.4, 0.5) is 0 Å². The van der Waals surface area contributed by atoms with Crippen molar-refractivity contribution in [1.29, 1.82) is 0 Å². The molecule has 0 aromatic rings. The largest absolute Gasteiger partial charge is 0.472 e. The van der Waals surface area contributed by atoms with Crippen LogP contribution in [0.1, 0.15) is 40.5 Å². The molecule has 1 heterocycles. The molecule has 0 bridgehead atoms. The number of phosphoric ester groups is 1. The van der Waals surface area contributed by atoms with E-state index in [2.05, 4.69) is 13.8 Å². The summed E-state index contributed by atoms with van der Waals surface area (Å²) in [4.78, 5) is 9.62. The van der Waals surface area contributed by atoms with E-state index in [1.54, 1.807) is 6.92 Å². The first-order chi connectivity index (χ1) is 8.75. The van der Waals surface area contributed by atoms with Crippen LogP contribution < -0.4 is 0 Å². The average Bonchev–Trinajstić information content (AvgIpc) is 2.67. The van der Waals surface area contributed by atoms with Crippen molar-refractivity contribution in [3.63, 3.8) is 0 Å². The fraction of sp³-hybridized carbons (Fsp3) is 1.00. The molecular weight excluding hydrogens is 266 g/mol. The first kappa shape index (κ1) is 17.2. The van der Waals surface area contributed by atoms with Crippen molar-refractivity contribution in [1.82, 2.24) is 0 Å². The van der Waals surface area contributed by atoms with Crippen LogP contribution in [0.25, 0.3) is 0 Å². The number of hydrogen-bond donors (Lipinski definition) is 1. The molecule has 5 nitrogen and oxygen atoms in total. The Morgan fingerprint density at radius 3 is 2.63 bits per heavy atom. The maximum absolute atomic E-state index is 11.8. The van der Waals surface area contributed by atoms with Gasteiger partial charge in [-0.25, -0.2) is 4.57 Å². The number of ether oxygens (including phenoxy) is 1. The molecule has 1 fully saturated rings. The Bertz CT molecular complexity index is 325. The molecule has 0 aromatic heterocycles. The van der Waals surface area contributed by atoms with E-state index in [9.17, 15) is 9.46 Å². The molecule has 112 valence electrons.